The van der Waals surface area contributed by atoms with Crippen LogP contribution in [0.25, 0.3) is 0 Å². The number of benzene rings is 1. The van der Waals surface area contributed by atoms with E-state index >= 15 is 0 Å². The molecule has 0 bridgehead atoms. The maximum absolute atomic E-state index is 11.5. The maximum atomic E-state index is 11.5. The highest BCUT2D eigenvalue weighted by Gasteiger charge is 2.15. The number of carbonyl (C=O) groups is 2. The van der Waals surface area contributed by atoms with Gasteiger partial charge in [-0.25, -0.2) is 0 Å². The standard InChI is InChI=1S/C11H13ClN2O3/c1-6(15)14-9-5-10(17-3)7(4-8(9)12)11(16)13-2/h4-5H,1-3H3,(H,13,16)(H,14,15). The van der Waals surface area contributed by atoms with Gasteiger partial charge in [0, 0.05) is 20.0 Å². The molecule has 0 radical (unpaired) electrons. The Balaban J connectivity index is 3.24. The van der Waals surface area contributed by atoms with Crippen LogP contribution in [0.1, 0.15) is 17.3 Å². The van der Waals surface area contributed by atoms with Crippen LogP contribution < -0.4 is 15.4 Å². The zero-order valence-corrected chi connectivity index (χ0v) is 10.5. The zero-order chi connectivity index (χ0) is 13.0. The summed E-state index contributed by atoms with van der Waals surface area (Å²) in [6.07, 6.45) is 0. The lowest BCUT2D eigenvalue weighted by Gasteiger charge is -2.11. The average molecular weight is 257 g/mol. The summed E-state index contributed by atoms with van der Waals surface area (Å²) < 4.78 is 5.07. The minimum atomic E-state index is -0.307. The van der Waals surface area contributed by atoms with Crippen LogP contribution in [0.5, 0.6) is 5.75 Å². The van der Waals surface area contributed by atoms with Gasteiger partial charge in [-0.3, -0.25) is 9.59 Å². The number of hydrogen-bond donors (Lipinski definition) is 2. The Morgan fingerprint density at radius 3 is 2.47 bits per heavy atom. The van der Waals surface area contributed by atoms with Crippen molar-refractivity contribution >= 4 is 29.1 Å². The summed E-state index contributed by atoms with van der Waals surface area (Å²) in [4.78, 5) is 22.5. The molecule has 1 aromatic carbocycles. The number of anilines is 1. The third-order valence-corrected chi connectivity index (χ3v) is 2.38. The molecule has 2 N–H and O–H groups in total. The van der Waals surface area contributed by atoms with Crippen molar-refractivity contribution in [3.63, 3.8) is 0 Å². The van der Waals surface area contributed by atoms with Crippen molar-refractivity contribution < 1.29 is 14.3 Å². The molecule has 1 rings (SSSR count). The van der Waals surface area contributed by atoms with E-state index in [2.05, 4.69) is 10.6 Å². The predicted octanol–water partition coefficient (Wildman–Crippen LogP) is 1.67. The molecule has 0 aliphatic carbocycles. The lowest BCUT2D eigenvalue weighted by Crippen LogP contribution is -2.19. The molecule has 0 spiro atoms. The molecule has 0 unspecified atom stereocenters. The SMILES string of the molecule is CNC(=O)c1cc(Cl)c(NC(C)=O)cc1OC. The topological polar surface area (TPSA) is 67.4 Å². The highest BCUT2D eigenvalue weighted by atomic mass is 35.5. The molecule has 0 saturated heterocycles. The van der Waals surface area contributed by atoms with Crippen LogP contribution in [-0.4, -0.2) is 26.0 Å². The quantitative estimate of drug-likeness (QED) is 0.864. The van der Waals surface area contributed by atoms with Crippen LogP contribution in [0.4, 0.5) is 5.69 Å². The first-order valence-electron chi connectivity index (χ1n) is 4.86. The number of rotatable bonds is 3. The first kappa shape index (κ1) is 13.3. The van der Waals surface area contributed by atoms with Gasteiger partial charge < -0.3 is 15.4 Å². The van der Waals surface area contributed by atoms with E-state index in [1.54, 1.807) is 0 Å². The molecule has 0 heterocycles. The number of nitrogens with one attached hydrogen (secondary N) is 2. The average Bonchev–Trinajstić information content (AvgIpc) is 2.29. The molecule has 5 nitrogen and oxygen atoms in total. The third kappa shape index (κ3) is 3.10. The fourth-order valence-electron chi connectivity index (χ4n) is 1.32. The molecule has 0 aliphatic rings. The van der Waals surface area contributed by atoms with Crippen molar-refractivity contribution in [2.45, 2.75) is 6.92 Å². The van der Waals surface area contributed by atoms with Crippen molar-refractivity contribution in [1.82, 2.24) is 5.32 Å². The maximum Gasteiger partial charge on any atom is 0.254 e. The van der Waals surface area contributed by atoms with Crippen molar-refractivity contribution in [2.24, 2.45) is 0 Å². The summed E-state index contributed by atoms with van der Waals surface area (Å²) in [7, 11) is 2.95. The van der Waals surface area contributed by atoms with E-state index in [1.807, 2.05) is 0 Å². The molecular weight excluding hydrogens is 244 g/mol. The summed E-state index contributed by atoms with van der Waals surface area (Å²) in [6.45, 7) is 1.37. The van der Waals surface area contributed by atoms with Gasteiger partial charge in [0.05, 0.1) is 23.4 Å². The Morgan fingerprint density at radius 1 is 1.35 bits per heavy atom. The van der Waals surface area contributed by atoms with Gasteiger partial charge in [0.1, 0.15) is 5.75 Å². The monoisotopic (exact) mass is 256 g/mol. The van der Waals surface area contributed by atoms with Gasteiger partial charge in [0.15, 0.2) is 0 Å². The van der Waals surface area contributed by atoms with Crippen molar-refractivity contribution in [1.29, 1.82) is 0 Å². The largest absolute Gasteiger partial charge is 0.496 e. The van der Waals surface area contributed by atoms with E-state index in [-0.39, 0.29) is 16.8 Å². The van der Waals surface area contributed by atoms with Gasteiger partial charge in [-0.2, -0.15) is 0 Å². The highest BCUT2D eigenvalue weighted by Crippen LogP contribution is 2.30. The van der Waals surface area contributed by atoms with E-state index < -0.39 is 0 Å². The molecule has 0 aromatic heterocycles. The molecule has 0 saturated carbocycles. The van der Waals surface area contributed by atoms with Crippen LogP contribution in [0.15, 0.2) is 12.1 Å². The molecular formula is C11H13ClN2O3. The van der Waals surface area contributed by atoms with Crippen LogP contribution in [0.3, 0.4) is 0 Å². The Labute approximate surface area is 104 Å². The van der Waals surface area contributed by atoms with Gasteiger partial charge >= 0.3 is 0 Å². The summed E-state index contributed by atoms with van der Waals surface area (Å²) in [5, 5.41) is 5.31. The Bertz CT molecular complexity index is 460. The molecule has 1 aromatic rings. The molecule has 0 aliphatic heterocycles. The Hall–Kier alpha value is -1.75. The van der Waals surface area contributed by atoms with E-state index in [1.165, 1.54) is 33.2 Å². The summed E-state index contributed by atoms with van der Waals surface area (Å²) in [5.41, 5.74) is 0.720. The fraction of sp³-hybridized carbons (Fsp3) is 0.273. The Morgan fingerprint density at radius 2 is 2.00 bits per heavy atom. The number of carbonyl (C=O) groups excluding carboxylic acids is 2. The van der Waals surface area contributed by atoms with Crippen molar-refractivity contribution in [2.75, 3.05) is 19.5 Å². The van der Waals surface area contributed by atoms with E-state index in [9.17, 15) is 9.59 Å². The van der Waals surface area contributed by atoms with Crippen LogP contribution in [0.2, 0.25) is 5.02 Å². The normalized spacial score (nSPS) is 9.65. The van der Waals surface area contributed by atoms with Gasteiger partial charge in [0.25, 0.3) is 5.91 Å². The number of methoxy groups -OCH3 is 1. The molecule has 17 heavy (non-hydrogen) atoms. The smallest absolute Gasteiger partial charge is 0.254 e. The van der Waals surface area contributed by atoms with Crippen LogP contribution in [-0.2, 0) is 4.79 Å². The number of halogens is 1. The molecule has 2 amide bonds. The lowest BCUT2D eigenvalue weighted by molar-refractivity contribution is -0.114. The Kier molecular flexibility index (Phi) is 4.34. The molecule has 0 atom stereocenters. The van der Waals surface area contributed by atoms with Crippen LogP contribution in [0, 0.1) is 0 Å². The number of amides is 2. The van der Waals surface area contributed by atoms with Gasteiger partial charge in [-0.15, -0.1) is 0 Å². The minimum Gasteiger partial charge on any atom is -0.496 e. The summed E-state index contributed by atoms with van der Waals surface area (Å²) >= 11 is 5.95. The van der Waals surface area contributed by atoms with Crippen molar-refractivity contribution in [3.05, 3.63) is 22.7 Å². The third-order valence-electron chi connectivity index (χ3n) is 2.07. The second-order valence-corrected chi connectivity index (χ2v) is 3.70. The van der Waals surface area contributed by atoms with Gasteiger partial charge in [0.2, 0.25) is 5.91 Å². The second kappa shape index (κ2) is 5.54. The summed E-state index contributed by atoms with van der Waals surface area (Å²) in [6, 6.07) is 2.96. The highest BCUT2D eigenvalue weighted by molar-refractivity contribution is 6.34. The molecule has 0 fully saturated rings. The zero-order valence-electron chi connectivity index (χ0n) is 9.76. The van der Waals surface area contributed by atoms with Crippen LogP contribution >= 0.6 is 11.6 Å². The first-order valence-corrected chi connectivity index (χ1v) is 5.24. The fourth-order valence-corrected chi connectivity index (χ4v) is 1.53. The van der Waals surface area contributed by atoms with E-state index in [4.69, 9.17) is 16.3 Å². The van der Waals surface area contributed by atoms with Gasteiger partial charge in [-0.05, 0) is 6.07 Å². The second-order valence-electron chi connectivity index (χ2n) is 3.29. The minimum absolute atomic E-state index is 0.248. The van der Waals surface area contributed by atoms with Crippen molar-refractivity contribution in [3.8, 4) is 5.75 Å². The summed E-state index contributed by atoms with van der Waals surface area (Å²) in [5.74, 6) is -0.211. The predicted molar refractivity (Wildman–Crippen MR) is 65.7 cm³/mol. The van der Waals surface area contributed by atoms with E-state index in [0.29, 0.717) is 17.0 Å². The van der Waals surface area contributed by atoms with Gasteiger partial charge in [-0.1, -0.05) is 11.6 Å². The molecule has 6 heteroatoms. The number of hydrogen-bond acceptors (Lipinski definition) is 3. The number of ether oxygens (including phenoxy) is 1. The molecule has 92 valence electrons. The van der Waals surface area contributed by atoms with E-state index in [0.717, 1.165) is 0 Å². The lowest BCUT2D eigenvalue weighted by atomic mass is 10.1. The first-order chi connectivity index (χ1) is 7.99.